The minimum atomic E-state index is -3.65. The molecule has 0 spiro atoms. The van der Waals surface area contributed by atoms with Crippen LogP contribution in [0.2, 0.25) is 0 Å². The van der Waals surface area contributed by atoms with E-state index >= 15 is 0 Å². The molecule has 3 N–H and O–H groups in total. The summed E-state index contributed by atoms with van der Waals surface area (Å²) in [5.74, 6) is 0. The maximum absolute atomic E-state index is 9.69. The third-order valence-electron chi connectivity index (χ3n) is 0.818. The summed E-state index contributed by atoms with van der Waals surface area (Å²) in [6.07, 6.45) is 5.02. The number of hydrogen-bond acceptors (Lipinski definition) is 2. The standard InChI is InChI=1S/C3H4N2.C2H7O3P/c1-2-5-3-4-1;1-2-6(3,4)5/h1-3H,(H,4,5);2H2,1H3,(H2,3,4,5). The number of nitrogens with one attached hydrogen (secondary N) is 1. The molecule has 1 heterocycles. The van der Waals surface area contributed by atoms with Crippen molar-refractivity contribution in [3.8, 4) is 0 Å². The average molecular weight is 178 g/mol. The van der Waals surface area contributed by atoms with Crippen molar-refractivity contribution in [1.29, 1.82) is 0 Å². The molecule has 11 heavy (non-hydrogen) atoms. The Balaban J connectivity index is 0.000000183. The van der Waals surface area contributed by atoms with Crippen LogP contribution in [-0.4, -0.2) is 25.9 Å². The van der Waals surface area contributed by atoms with Crippen LogP contribution in [0.25, 0.3) is 0 Å². The number of aromatic amines is 1. The fourth-order valence-electron chi connectivity index (χ4n) is 0.215. The Morgan fingerprint density at radius 1 is 1.64 bits per heavy atom. The predicted molar refractivity (Wildman–Crippen MR) is 41.2 cm³/mol. The minimum Gasteiger partial charge on any atom is -0.351 e. The Morgan fingerprint density at radius 2 is 2.18 bits per heavy atom. The summed E-state index contributed by atoms with van der Waals surface area (Å²) in [6, 6.07) is 0. The van der Waals surface area contributed by atoms with Crippen LogP contribution in [0.15, 0.2) is 18.7 Å². The molecule has 0 aromatic carbocycles. The third-order valence-corrected chi connectivity index (χ3v) is 1.64. The fourth-order valence-corrected chi connectivity index (χ4v) is 0.215. The highest BCUT2D eigenvalue weighted by molar-refractivity contribution is 7.51. The lowest BCUT2D eigenvalue weighted by Gasteiger charge is -1.92. The molecule has 1 aromatic rings. The number of hydrogen-bond donors (Lipinski definition) is 3. The molecule has 0 fully saturated rings. The van der Waals surface area contributed by atoms with Crippen LogP contribution in [0.1, 0.15) is 6.92 Å². The second kappa shape index (κ2) is 5.07. The molecule has 5 nitrogen and oxygen atoms in total. The van der Waals surface area contributed by atoms with Crippen LogP contribution in [0.5, 0.6) is 0 Å². The molecule has 0 atom stereocenters. The lowest BCUT2D eigenvalue weighted by atomic mass is 11.0. The summed E-state index contributed by atoms with van der Waals surface area (Å²) in [5, 5.41) is 0. The average Bonchev–Trinajstić information content (AvgIpc) is 2.41. The Bertz CT molecular complexity index is 188. The first kappa shape index (κ1) is 10.4. The van der Waals surface area contributed by atoms with Gasteiger partial charge in [0.1, 0.15) is 0 Å². The van der Waals surface area contributed by atoms with Gasteiger partial charge in [-0.25, -0.2) is 4.98 Å². The highest BCUT2D eigenvalue weighted by atomic mass is 31.2. The smallest absolute Gasteiger partial charge is 0.325 e. The summed E-state index contributed by atoms with van der Waals surface area (Å²) >= 11 is 0. The van der Waals surface area contributed by atoms with E-state index < -0.39 is 7.60 Å². The van der Waals surface area contributed by atoms with E-state index in [0.717, 1.165) is 0 Å². The van der Waals surface area contributed by atoms with Gasteiger partial charge in [0.2, 0.25) is 0 Å². The number of nitrogens with zero attached hydrogens (tertiary/aromatic N) is 1. The van der Waals surface area contributed by atoms with Gasteiger partial charge in [-0.1, -0.05) is 6.92 Å². The Hall–Kier alpha value is -0.640. The summed E-state index contributed by atoms with van der Waals surface area (Å²) in [4.78, 5) is 22.3. The van der Waals surface area contributed by atoms with Crippen molar-refractivity contribution in [2.45, 2.75) is 6.92 Å². The zero-order valence-corrected chi connectivity index (χ0v) is 7.03. The third kappa shape index (κ3) is 9.36. The van der Waals surface area contributed by atoms with Gasteiger partial charge in [0, 0.05) is 18.6 Å². The first-order chi connectivity index (χ1) is 5.06. The summed E-state index contributed by atoms with van der Waals surface area (Å²) in [7, 11) is -3.65. The van der Waals surface area contributed by atoms with Crippen molar-refractivity contribution in [2.24, 2.45) is 0 Å². The van der Waals surface area contributed by atoms with Gasteiger partial charge >= 0.3 is 7.60 Å². The number of H-pyrrole nitrogens is 1. The van der Waals surface area contributed by atoms with E-state index in [4.69, 9.17) is 9.79 Å². The fraction of sp³-hybridized carbons (Fsp3) is 0.400. The molecule has 64 valence electrons. The molecule has 0 saturated heterocycles. The quantitative estimate of drug-likeness (QED) is 0.549. The van der Waals surface area contributed by atoms with Crippen molar-refractivity contribution in [2.75, 3.05) is 6.16 Å². The van der Waals surface area contributed by atoms with Crippen molar-refractivity contribution in [1.82, 2.24) is 9.97 Å². The van der Waals surface area contributed by atoms with Crippen LogP contribution in [-0.2, 0) is 4.57 Å². The van der Waals surface area contributed by atoms with E-state index in [1.54, 1.807) is 18.7 Å². The topological polar surface area (TPSA) is 86.2 Å². The second-order valence-corrected chi connectivity index (χ2v) is 3.70. The van der Waals surface area contributed by atoms with Gasteiger partial charge in [0.25, 0.3) is 0 Å². The molecule has 1 rings (SSSR count). The normalized spacial score (nSPS) is 10.1. The second-order valence-electron chi connectivity index (χ2n) is 1.74. The number of imidazole rings is 1. The van der Waals surface area contributed by atoms with Crippen molar-refractivity contribution in [3.05, 3.63) is 18.7 Å². The van der Waals surface area contributed by atoms with E-state index in [1.807, 2.05) is 0 Å². The predicted octanol–water partition coefficient (Wildman–Crippen LogP) is 0.594. The highest BCUT2D eigenvalue weighted by Crippen LogP contribution is 2.32. The Morgan fingerprint density at radius 3 is 2.27 bits per heavy atom. The van der Waals surface area contributed by atoms with Gasteiger partial charge in [-0.15, -0.1) is 0 Å². The lowest BCUT2D eigenvalue weighted by molar-refractivity contribution is 0.375. The van der Waals surface area contributed by atoms with Gasteiger partial charge in [0.05, 0.1) is 6.33 Å². The SMILES string of the molecule is CCP(=O)(O)O.c1c[nH]cn1. The summed E-state index contributed by atoms with van der Waals surface area (Å²) < 4.78 is 9.69. The molecular weight excluding hydrogens is 167 g/mol. The van der Waals surface area contributed by atoms with Gasteiger partial charge < -0.3 is 14.8 Å². The summed E-state index contributed by atoms with van der Waals surface area (Å²) in [5.41, 5.74) is 0. The molecule has 0 bridgehead atoms. The maximum atomic E-state index is 9.69. The Kier molecular flexibility index (Phi) is 4.77. The van der Waals surface area contributed by atoms with Crippen LogP contribution in [0, 0.1) is 0 Å². The minimum absolute atomic E-state index is 0.0625. The van der Waals surface area contributed by atoms with Crippen LogP contribution >= 0.6 is 7.60 Å². The molecule has 1 aromatic heterocycles. The van der Waals surface area contributed by atoms with Crippen molar-refractivity contribution >= 4 is 7.60 Å². The molecule has 0 radical (unpaired) electrons. The van der Waals surface area contributed by atoms with E-state index in [1.165, 1.54) is 6.92 Å². The molecular formula is C5H11N2O3P. The number of aromatic nitrogens is 2. The van der Waals surface area contributed by atoms with Gasteiger partial charge in [-0.2, -0.15) is 0 Å². The van der Waals surface area contributed by atoms with Crippen molar-refractivity contribution in [3.63, 3.8) is 0 Å². The van der Waals surface area contributed by atoms with Crippen LogP contribution in [0.4, 0.5) is 0 Å². The van der Waals surface area contributed by atoms with E-state index in [9.17, 15) is 4.57 Å². The molecule has 0 aliphatic rings. The zero-order chi connectivity index (χ0) is 8.74. The van der Waals surface area contributed by atoms with Crippen molar-refractivity contribution < 1.29 is 14.4 Å². The maximum Gasteiger partial charge on any atom is 0.325 e. The van der Waals surface area contributed by atoms with E-state index in [-0.39, 0.29) is 6.16 Å². The van der Waals surface area contributed by atoms with Gasteiger partial charge in [0.15, 0.2) is 0 Å². The largest absolute Gasteiger partial charge is 0.351 e. The first-order valence-corrected chi connectivity index (χ1v) is 4.83. The molecule has 0 saturated carbocycles. The molecule has 0 unspecified atom stereocenters. The lowest BCUT2D eigenvalue weighted by Crippen LogP contribution is -1.76. The zero-order valence-electron chi connectivity index (χ0n) is 6.14. The Labute approximate surface area is 64.6 Å². The van der Waals surface area contributed by atoms with Gasteiger partial charge in [-0.05, 0) is 0 Å². The monoisotopic (exact) mass is 178 g/mol. The van der Waals surface area contributed by atoms with Crippen LogP contribution in [0.3, 0.4) is 0 Å². The molecule has 0 amide bonds. The van der Waals surface area contributed by atoms with Gasteiger partial charge in [-0.3, -0.25) is 4.57 Å². The molecule has 6 heteroatoms. The molecule has 0 aliphatic heterocycles. The molecule has 0 aliphatic carbocycles. The number of rotatable bonds is 1. The van der Waals surface area contributed by atoms with E-state index in [2.05, 4.69) is 9.97 Å². The highest BCUT2D eigenvalue weighted by Gasteiger charge is 2.05. The first-order valence-electron chi connectivity index (χ1n) is 3.03. The van der Waals surface area contributed by atoms with E-state index in [0.29, 0.717) is 0 Å². The summed E-state index contributed by atoms with van der Waals surface area (Å²) in [6.45, 7) is 1.45. The van der Waals surface area contributed by atoms with Crippen LogP contribution < -0.4 is 0 Å².